The van der Waals surface area contributed by atoms with Crippen LogP contribution in [0, 0.1) is 5.92 Å². The third-order valence-electron chi connectivity index (χ3n) is 4.17. The first kappa shape index (κ1) is 14.4. The van der Waals surface area contributed by atoms with Crippen LogP contribution >= 0.6 is 22.9 Å². The van der Waals surface area contributed by atoms with Crippen molar-refractivity contribution in [1.82, 2.24) is 4.98 Å². The maximum atomic E-state index is 12.6. The number of ether oxygens (including phenoxy) is 1. The summed E-state index contributed by atoms with van der Waals surface area (Å²) in [4.78, 5) is 19.1. The number of carbonyl (C=O) groups is 1. The van der Waals surface area contributed by atoms with Crippen molar-refractivity contribution in [2.75, 3.05) is 18.1 Å². The van der Waals surface area contributed by atoms with E-state index in [9.17, 15) is 4.79 Å². The van der Waals surface area contributed by atoms with Gasteiger partial charge in [0.05, 0.1) is 22.9 Å². The molecule has 116 valence electrons. The predicted octanol–water partition coefficient (Wildman–Crippen LogP) is 3.87. The molecule has 1 unspecified atom stereocenters. The number of fused-ring (bicyclic) bond motifs is 1. The van der Waals surface area contributed by atoms with Crippen molar-refractivity contribution in [3.63, 3.8) is 0 Å². The highest BCUT2D eigenvalue weighted by Crippen LogP contribution is 2.36. The molecule has 1 aromatic heterocycles. The fourth-order valence-electron chi connectivity index (χ4n) is 2.81. The lowest BCUT2D eigenvalue weighted by Crippen LogP contribution is -2.38. The van der Waals surface area contributed by atoms with Gasteiger partial charge in [-0.25, -0.2) is 4.98 Å². The van der Waals surface area contributed by atoms with Crippen LogP contribution in [0.4, 0.5) is 5.13 Å². The Kier molecular flexibility index (Phi) is 3.80. The van der Waals surface area contributed by atoms with E-state index in [-0.39, 0.29) is 17.9 Å². The second kappa shape index (κ2) is 5.80. The van der Waals surface area contributed by atoms with Crippen LogP contribution in [0.2, 0.25) is 5.02 Å². The number of benzene rings is 1. The van der Waals surface area contributed by atoms with Gasteiger partial charge in [-0.2, -0.15) is 0 Å². The summed E-state index contributed by atoms with van der Waals surface area (Å²) in [6.07, 6.45) is 4.23. The first-order valence-corrected chi connectivity index (χ1v) is 8.89. The van der Waals surface area contributed by atoms with E-state index in [1.165, 1.54) is 11.3 Å². The van der Waals surface area contributed by atoms with Gasteiger partial charge in [-0.3, -0.25) is 9.69 Å². The van der Waals surface area contributed by atoms with Crippen LogP contribution in [0.5, 0.6) is 0 Å². The predicted molar refractivity (Wildman–Crippen MR) is 88.7 cm³/mol. The van der Waals surface area contributed by atoms with Gasteiger partial charge in [0, 0.05) is 17.5 Å². The van der Waals surface area contributed by atoms with Crippen molar-refractivity contribution in [3.05, 3.63) is 23.2 Å². The van der Waals surface area contributed by atoms with E-state index in [0.29, 0.717) is 11.6 Å². The average molecular weight is 337 g/mol. The third kappa shape index (κ3) is 2.85. The van der Waals surface area contributed by atoms with Gasteiger partial charge in [0.15, 0.2) is 5.13 Å². The first-order valence-electron chi connectivity index (χ1n) is 7.70. The van der Waals surface area contributed by atoms with Crippen molar-refractivity contribution < 1.29 is 9.53 Å². The number of hydrogen-bond donors (Lipinski definition) is 0. The van der Waals surface area contributed by atoms with Crippen LogP contribution in [-0.4, -0.2) is 30.1 Å². The zero-order valence-electron chi connectivity index (χ0n) is 12.1. The Morgan fingerprint density at radius 3 is 3.00 bits per heavy atom. The van der Waals surface area contributed by atoms with Gasteiger partial charge in [0.2, 0.25) is 5.91 Å². The molecule has 1 atom stereocenters. The van der Waals surface area contributed by atoms with Crippen LogP contribution in [0.1, 0.15) is 25.7 Å². The topological polar surface area (TPSA) is 42.4 Å². The maximum Gasteiger partial charge on any atom is 0.231 e. The minimum atomic E-state index is 0.137. The molecule has 6 heteroatoms. The number of rotatable bonds is 4. The molecule has 1 aliphatic heterocycles. The molecule has 2 aliphatic rings. The van der Waals surface area contributed by atoms with Crippen LogP contribution in [0.25, 0.3) is 10.2 Å². The van der Waals surface area contributed by atoms with E-state index in [2.05, 4.69) is 4.98 Å². The van der Waals surface area contributed by atoms with Crippen LogP contribution in [-0.2, 0) is 9.53 Å². The van der Waals surface area contributed by atoms with Gasteiger partial charge in [-0.15, -0.1) is 0 Å². The summed E-state index contributed by atoms with van der Waals surface area (Å²) in [5.41, 5.74) is 0.894. The molecule has 4 rings (SSSR count). The molecule has 1 saturated carbocycles. The highest BCUT2D eigenvalue weighted by atomic mass is 35.5. The second-order valence-electron chi connectivity index (χ2n) is 5.97. The summed E-state index contributed by atoms with van der Waals surface area (Å²) in [6, 6.07) is 5.65. The van der Waals surface area contributed by atoms with Crippen molar-refractivity contribution in [3.8, 4) is 0 Å². The molecular formula is C16H17ClN2O2S. The van der Waals surface area contributed by atoms with Crippen molar-refractivity contribution in [2.24, 2.45) is 5.92 Å². The van der Waals surface area contributed by atoms with E-state index in [1.807, 2.05) is 23.1 Å². The number of carbonyl (C=O) groups excluding carboxylic acids is 1. The van der Waals surface area contributed by atoms with Crippen molar-refractivity contribution in [1.29, 1.82) is 0 Å². The number of aromatic nitrogens is 1. The van der Waals surface area contributed by atoms with Gasteiger partial charge in [-0.1, -0.05) is 22.9 Å². The molecule has 2 heterocycles. The molecule has 1 aliphatic carbocycles. The molecule has 0 radical (unpaired) electrons. The zero-order valence-corrected chi connectivity index (χ0v) is 13.7. The van der Waals surface area contributed by atoms with Gasteiger partial charge in [-0.05, 0) is 43.9 Å². The molecule has 1 aromatic carbocycles. The van der Waals surface area contributed by atoms with Gasteiger partial charge >= 0.3 is 0 Å². The maximum absolute atomic E-state index is 12.6. The fourth-order valence-corrected chi connectivity index (χ4v) is 4.06. The lowest BCUT2D eigenvalue weighted by atomic mass is 10.2. The summed E-state index contributed by atoms with van der Waals surface area (Å²) < 4.78 is 6.73. The Morgan fingerprint density at radius 2 is 2.27 bits per heavy atom. The van der Waals surface area contributed by atoms with E-state index in [4.69, 9.17) is 16.3 Å². The molecule has 0 spiro atoms. The number of hydrogen-bond acceptors (Lipinski definition) is 4. The SMILES string of the molecule is O=C(C1CC1)N(CC1CCCO1)c1nc2ccc(Cl)cc2s1. The monoisotopic (exact) mass is 336 g/mol. The molecule has 0 bridgehead atoms. The summed E-state index contributed by atoms with van der Waals surface area (Å²) in [5, 5.41) is 1.46. The fraction of sp³-hybridized carbons (Fsp3) is 0.500. The Bertz CT molecular complexity index is 707. The van der Waals surface area contributed by atoms with Gasteiger partial charge < -0.3 is 4.74 Å². The Balaban J connectivity index is 1.65. The molecular weight excluding hydrogens is 320 g/mol. The number of amides is 1. The summed E-state index contributed by atoms with van der Waals surface area (Å²) in [6.45, 7) is 1.41. The van der Waals surface area contributed by atoms with E-state index >= 15 is 0 Å². The van der Waals surface area contributed by atoms with Crippen molar-refractivity contribution >= 4 is 44.2 Å². The Hall–Kier alpha value is -1.17. The van der Waals surface area contributed by atoms with E-state index in [0.717, 1.165) is 47.6 Å². The highest BCUT2D eigenvalue weighted by Gasteiger charge is 2.36. The van der Waals surface area contributed by atoms with Gasteiger partial charge in [0.1, 0.15) is 0 Å². The molecule has 1 amide bonds. The van der Waals surface area contributed by atoms with Crippen LogP contribution in [0.15, 0.2) is 18.2 Å². The normalized spacial score (nSPS) is 21.4. The summed E-state index contributed by atoms with van der Waals surface area (Å²) in [5.74, 6) is 0.373. The van der Waals surface area contributed by atoms with Crippen LogP contribution < -0.4 is 4.90 Å². The molecule has 2 fully saturated rings. The largest absolute Gasteiger partial charge is 0.376 e. The first-order chi connectivity index (χ1) is 10.7. The minimum absolute atomic E-state index is 0.137. The number of nitrogens with zero attached hydrogens (tertiary/aromatic N) is 2. The Morgan fingerprint density at radius 1 is 1.41 bits per heavy atom. The number of anilines is 1. The quantitative estimate of drug-likeness (QED) is 0.851. The third-order valence-corrected chi connectivity index (χ3v) is 5.45. The number of halogens is 1. The summed E-state index contributed by atoms with van der Waals surface area (Å²) in [7, 11) is 0. The van der Waals surface area contributed by atoms with E-state index < -0.39 is 0 Å². The smallest absolute Gasteiger partial charge is 0.231 e. The van der Waals surface area contributed by atoms with Crippen molar-refractivity contribution in [2.45, 2.75) is 31.8 Å². The average Bonchev–Trinajstić information content (AvgIpc) is 3.07. The van der Waals surface area contributed by atoms with Crippen LogP contribution in [0.3, 0.4) is 0 Å². The molecule has 1 saturated heterocycles. The highest BCUT2D eigenvalue weighted by molar-refractivity contribution is 7.22. The minimum Gasteiger partial charge on any atom is -0.376 e. The lowest BCUT2D eigenvalue weighted by molar-refractivity contribution is -0.120. The molecule has 22 heavy (non-hydrogen) atoms. The summed E-state index contributed by atoms with van der Waals surface area (Å²) >= 11 is 7.58. The number of thiazole rings is 1. The zero-order chi connectivity index (χ0) is 15.1. The second-order valence-corrected chi connectivity index (χ2v) is 7.41. The van der Waals surface area contributed by atoms with E-state index in [1.54, 1.807) is 0 Å². The molecule has 0 N–H and O–H groups in total. The van der Waals surface area contributed by atoms with Gasteiger partial charge in [0.25, 0.3) is 0 Å². The molecule has 4 nitrogen and oxygen atoms in total. The Labute approximate surface area is 138 Å². The standard InChI is InChI=1S/C16H17ClN2O2S/c17-11-5-6-13-14(8-11)22-16(18-13)19(15(20)10-3-4-10)9-12-2-1-7-21-12/h5-6,8,10,12H,1-4,7,9H2. The lowest BCUT2D eigenvalue weighted by Gasteiger charge is -2.22. The molecule has 2 aromatic rings.